The monoisotopic (exact) mass is 232 g/mol. The normalized spacial score (nSPS) is 13.7. The van der Waals surface area contributed by atoms with Crippen LogP contribution in [0.1, 0.15) is 41.5 Å². The van der Waals surface area contributed by atoms with Crippen LogP contribution >= 0.6 is 0 Å². The number of hydrogen-bond acceptors (Lipinski definition) is 4. The molecule has 0 unspecified atom stereocenters. The van der Waals surface area contributed by atoms with Gasteiger partial charge in [-0.2, -0.15) is 0 Å². The minimum atomic E-state index is -3.97. The molecule has 0 rings (SSSR count). The molecule has 0 saturated carbocycles. The molecule has 0 aliphatic heterocycles. The van der Waals surface area contributed by atoms with Crippen molar-refractivity contribution in [1.82, 2.24) is 0 Å². The summed E-state index contributed by atoms with van der Waals surface area (Å²) in [5.41, 5.74) is -1.22. The van der Waals surface area contributed by atoms with Crippen LogP contribution in [0, 0.1) is 0 Å². The predicted molar refractivity (Wildman–Crippen MR) is 59.0 cm³/mol. The summed E-state index contributed by atoms with van der Waals surface area (Å²) in [6.45, 7) is 10.5. The first-order chi connectivity index (χ1) is 5.41. The van der Waals surface area contributed by atoms with E-state index in [0.29, 0.717) is 0 Å². The number of rotatable bonds is 2. The van der Waals surface area contributed by atoms with Crippen LogP contribution < -0.4 is 0 Å². The third kappa shape index (κ3) is 11.1. The van der Waals surface area contributed by atoms with Crippen molar-refractivity contribution in [3.05, 3.63) is 0 Å². The molecular formula is C8H21NaO4Si. The minimum absolute atomic E-state index is 0. The van der Waals surface area contributed by atoms with Gasteiger partial charge in [0.1, 0.15) is 0 Å². The molecule has 0 aromatic rings. The van der Waals surface area contributed by atoms with Crippen LogP contribution in [0.5, 0.6) is 0 Å². The van der Waals surface area contributed by atoms with Crippen LogP contribution in [-0.4, -0.2) is 59.4 Å². The maximum absolute atomic E-state index is 9.44. The van der Waals surface area contributed by atoms with E-state index in [0.717, 1.165) is 0 Å². The quantitative estimate of drug-likeness (QED) is 0.676. The second-order valence-corrected chi connectivity index (χ2v) is 6.48. The second-order valence-electron chi connectivity index (χ2n) is 4.98. The zero-order valence-electron chi connectivity index (χ0n) is 9.21. The van der Waals surface area contributed by atoms with Crippen molar-refractivity contribution < 1.29 is 18.4 Å². The molecule has 0 heterocycles. The van der Waals surface area contributed by atoms with E-state index in [-0.39, 0.29) is 29.6 Å². The third-order valence-corrected chi connectivity index (χ3v) is 2.63. The molecule has 0 amide bonds. The zero-order chi connectivity index (χ0) is 10.9. The first-order valence-electron chi connectivity index (χ1n) is 4.26. The Labute approximate surface area is 109 Å². The summed E-state index contributed by atoms with van der Waals surface area (Å²) < 4.78 is 10.1. The summed E-state index contributed by atoms with van der Waals surface area (Å²) in [5.74, 6) is 0. The van der Waals surface area contributed by atoms with Gasteiger partial charge >= 0.3 is 38.6 Å². The molecule has 0 aromatic carbocycles. The van der Waals surface area contributed by atoms with Gasteiger partial charge in [-0.25, -0.2) is 0 Å². The van der Waals surface area contributed by atoms with Crippen molar-refractivity contribution in [2.45, 2.75) is 52.7 Å². The molecule has 0 radical (unpaired) electrons. The van der Waals surface area contributed by atoms with Crippen LogP contribution in [0.2, 0.25) is 0 Å². The van der Waals surface area contributed by atoms with Gasteiger partial charge in [-0.3, -0.25) is 0 Å². The fourth-order valence-corrected chi connectivity index (χ4v) is 2.46. The molecule has 0 spiro atoms. The van der Waals surface area contributed by atoms with E-state index in [2.05, 4.69) is 0 Å². The van der Waals surface area contributed by atoms with Gasteiger partial charge in [-0.05, 0) is 41.5 Å². The van der Waals surface area contributed by atoms with Crippen LogP contribution in [0.4, 0.5) is 0 Å². The Kier molecular flexibility index (Phi) is 6.74. The zero-order valence-corrected chi connectivity index (χ0v) is 10.2. The van der Waals surface area contributed by atoms with Crippen LogP contribution in [0.3, 0.4) is 0 Å². The predicted octanol–water partition coefficient (Wildman–Crippen LogP) is 0.388. The van der Waals surface area contributed by atoms with Crippen molar-refractivity contribution in [3.63, 3.8) is 0 Å². The van der Waals surface area contributed by atoms with Gasteiger partial charge in [-0.1, -0.05) is 0 Å². The van der Waals surface area contributed by atoms with Crippen LogP contribution in [0.15, 0.2) is 0 Å². The van der Waals surface area contributed by atoms with E-state index in [4.69, 9.17) is 8.85 Å². The summed E-state index contributed by atoms with van der Waals surface area (Å²) in [6, 6.07) is 0. The summed E-state index contributed by atoms with van der Waals surface area (Å²) in [6.07, 6.45) is 0. The summed E-state index contributed by atoms with van der Waals surface area (Å²) >= 11 is 0. The first-order valence-corrected chi connectivity index (χ1v) is 5.97. The second kappa shape index (κ2) is 5.40. The van der Waals surface area contributed by atoms with E-state index < -0.39 is 20.3 Å². The van der Waals surface area contributed by atoms with Crippen molar-refractivity contribution >= 4 is 38.6 Å². The van der Waals surface area contributed by atoms with Gasteiger partial charge < -0.3 is 18.4 Å². The van der Waals surface area contributed by atoms with Gasteiger partial charge in [0.25, 0.3) is 0 Å². The first kappa shape index (κ1) is 17.5. The van der Waals surface area contributed by atoms with Gasteiger partial charge in [0.05, 0.1) is 11.2 Å². The summed E-state index contributed by atoms with van der Waals surface area (Å²) in [4.78, 5) is 18.9. The van der Waals surface area contributed by atoms with Crippen molar-refractivity contribution in [3.8, 4) is 0 Å². The topological polar surface area (TPSA) is 58.9 Å². The Hall–Kier alpha value is 1.06. The van der Waals surface area contributed by atoms with Gasteiger partial charge in [0.2, 0.25) is 0 Å². The Morgan fingerprint density at radius 1 is 0.786 bits per heavy atom. The molecule has 0 aromatic heterocycles. The molecule has 6 heteroatoms. The van der Waals surface area contributed by atoms with Gasteiger partial charge in [0.15, 0.2) is 0 Å². The Morgan fingerprint density at radius 2 is 1.00 bits per heavy atom. The molecule has 0 saturated heterocycles. The maximum atomic E-state index is 9.44. The fourth-order valence-electron chi connectivity index (χ4n) is 0.819. The third-order valence-electron chi connectivity index (χ3n) is 0.878. The fraction of sp³-hybridized carbons (Fsp3) is 1.00. The summed E-state index contributed by atoms with van der Waals surface area (Å²) in [7, 11) is -3.97. The van der Waals surface area contributed by atoms with E-state index >= 15 is 0 Å². The molecule has 4 nitrogen and oxygen atoms in total. The molecule has 0 bridgehead atoms. The molecule has 0 atom stereocenters. The van der Waals surface area contributed by atoms with Crippen molar-refractivity contribution in [1.29, 1.82) is 0 Å². The Morgan fingerprint density at radius 3 is 1.14 bits per heavy atom. The molecule has 0 fully saturated rings. The SMILES string of the molecule is CC(C)(C)O[Si](O)(O)OC(C)(C)C.[NaH]. The van der Waals surface area contributed by atoms with Crippen LogP contribution in [-0.2, 0) is 8.85 Å². The standard InChI is InChI=1S/C8H20O4Si.Na.H/c1-7(2,3)11-13(9,10)12-8(4,5)6;;/h9-10H,1-6H3;;. The van der Waals surface area contributed by atoms with Crippen molar-refractivity contribution in [2.24, 2.45) is 0 Å². The van der Waals surface area contributed by atoms with E-state index in [1.54, 1.807) is 41.5 Å². The summed E-state index contributed by atoms with van der Waals surface area (Å²) in [5, 5.41) is 0. The molecule has 82 valence electrons. The average molecular weight is 232 g/mol. The van der Waals surface area contributed by atoms with E-state index in [1.165, 1.54) is 0 Å². The van der Waals surface area contributed by atoms with E-state index in [1.807, 2.05) is 0 Å². The molecule has 2 N–H and O–H groups in total. The van der Waals surface area contributed by atoms with E-state index in [9.17, 15) is 9.59 Å². The van der Waals surface area contributed by atoms with Gasteiger partial charge in [0, 0.05) is 0 Å². The molecule has 0 aliphatic carbocycles. The Balaban J connectivity index is 0. The molecule has 14 heavy (non-hydrogen) atoms. The van der Waals surface area contributed by atoms with Crippen LogP contribution in [0.25, 0.3) is 0 Å². The molecule has 0 aliphatic rings. The number of hydrogen-bond donors (Lipinski definition) is 2. The molecular weight excluding hydrogens is 211 g/mol. The Bertz CT molecular complexity index is 153. The van der Waals surface area contributed by atoms with Crippen molar-refractivity contribution in [2.75, 3.05) is 0 Å². The average Bonchev–Trinajstić information content (AvgIpc) is 1.43. The van der Waals surface area contributed by atoms with Gasteiger partial charge in [-0.15, -0.1) is 0 Å².